The van der Waals surface area contributed by atoms with Gasteiger partial charge in [-0.15, -0.1) is 0 Å². The lowest BCUT2D eigenvalue weighted by molar-refractivity contribution is 0.0845. The van der Waals surface area contributed by atoms with Crippen molar-refractivity contribution in [2.24, 2.45) is 10.3 Å². The minimum Gasteiger partial charge on any atom is -0.385 e. The van der Waals surface area contributed by atoms with Crippen LogP contribution in [0, 0.1) is 0 Å². The van der Waals surface area contributed by atoms with Crippen LogP contribution in [0.3, 0.4) is 0 Å². The lowest BCUT2D eigenvalue weighted by Crippen LogP contribution is -2.35. The molecule has 48 heavy (non-hydrogen) atoms. The normalized spacial score (nSPS) is 20.8. The molecular weight excluding hydrogens is 645 g/mol. The quantitative estimate of drug-likeness (QED) is 0.165. The van der Waals surface area contributed by atoms with Gasteiger partial charge in [0.25, 0.3) is 0 Å². The van der Waals surface area contributed by atoms with Crippen molar-refractivity contribution >= 4 is 31.1 Å². The summed E-state index contributed by atoms with van der Waals surface area (Å²) in [5.41, 5.74) is 4.51. The molecule has 5 aromatic rings. The third-order valence-electron chi connectivity index (χ3n) is 8.55. The molecule has 7 rings (SSSR count). The Morgan fingerprint density at radius 2 is 0.750 bits per heavy atom. The average molecular weight is 677 g/mol. The zero-order valence-corrected chi connectivity index (χ0v) is 27.4. The predicted molar refractivity (Wildman–Crippen MR) is 186 cm³/mol. The number of rotatable bonds is 10. The van der Waals surface area contributed by atoms with Crippen LogP contribution in [-0.2, 0) is 40.9 Å². The number of benzene rings is 5. The summed E-state index contributed by atoms with van der Waals surface area (Å²) in [4.78, 5) is 11.8. The van der Waals surface area contributed by atoms with Gasteiger partial charge in [-0.25, -0.2) is 16.8 Å². The smallest absolute Gasteiger partial charge is 0.175 e. The van der Waals surface area contributed by atoms with Gasteiger partial charge >= 0.3 is 0 Å². The van der Waals surface area contributed by atoms with Crippen LogP contribution in [-0.4, -0.2) is 38.8 Å². The minimum absolute atomic E-state index is 0.182. The fourth-order valence-electron chi connectivity index (χ4n) is 6.24. The van der Waals surface area contributed by atoms with Crippen molar-refractivity contribution in [2.75, 3.05) is 0 Å². The molecular formula is C38H32N2O6S2. The van der Waals surface area contributed by atoms with Crippen LogP contribution < -0.4 is 0 Å². The Hall–Kier alpha value is -5.06. The van der Waals surface area contributed by atoms with Crippen molar-refractivity contribution in [1.29, 1.82) is 0 Å². The van der Waals surface area contributed by atoms with E-state index >= 15 is 0 Å². The Kier molecular flexibility index (Phi) is 8.68. The fraction of sp³-hybridized carbons (Fsp3) is 0.158. The van der Waals surface area contributed by atoms with Gasteiger partial charge in [0.2, 0.25) is 0 Å². The van der Waals surface area contributed by atoms with E-state index in [4.69, 9.17) is 9.68 Å². The molecule has 5 aromatic carbocycles. The lowest BCUT2D eigenvalue weighted by atomic mass is 9.96. The largest absolute Gasteiger partial charge is 0.385 e. The van der Waals surface area contributed by atoms with Crippen LogP contribution >= 0.6 is 0 Å². The maximum Gasteiger partial charge on any atom is 0.175 e. The van der Waals surface area contributed by atoms with Gasteiger partial charge in [-0.2, -0.15) is 0 Å². The van der Waals surface area contributed by atoms with Gasteiger partial charge in [0.1, 0.15) is 11.4 Å². The average Bonchev–Trinajstić information content (AvgIpc) is 3.77. The van der Waals surface area contributed by atoms with E-state index < -0.39 is 42.4 Å². The molecule has 0 saturated carbocycles. The van der Waals surface area contributed by atoms with Crippen molar-refractivity contribution < 1.29 is 26.5 Å². The Labute approximate surface area is 280 Å². The predicted octanol–water partition coefficient (Wildman–Crippen LogP) is 6.61. The van der Waals surface area contributed by atoms with Crippen LogP contribution in [0.5, 0.6) is 0 Å². The molecule has 0 fully saturated rings. The molecule has 0 spiro atoms. The Morgan fingerprint density at radius 1 is 0.438 bits per heavy atom. The van der Waals surface area contributed by atoms with Gasteiger partial charge in [-0.05, 0) is 22.3 Å². The summed E-state index contributed by atoms with van der Waals surface area (Å²) in [6.07, 6.45) is -1.83. The van der Waals surface area contributed by atoms with Crippen LogP contribution in [0.4, 0.5) is 0 Å². The van der Waals surface area contributed by atoms with Gasteiger partial charge in [0.05, 0.1) is 11.5 Å². The number of hydrogen-bond donors (Lipinski definition) is 0. The van der Waals surface area contributed by atoms with E-state index in [1.54, 1.807) is 48.5 Å². The third-order valence-corrected chi connectivity index (χ3v) is 12.5. The van der Waals surface area contributed by atoms with E-state index in [-0.39, 0.29) is 11.5 Å². The van der Waals surface area contributed by atoms with Crippen LogP contribution in [0.25, 0.3) is 0 Å². The first-order valence-electron chi connectivity index (χ1n) is 15.5. The standard InChI is InChI=1S/C38H32N2O6S2/c41-47(42,25-27-13-5-1-6-14-27)37-33(29-17-9-3-10-18-29)39-45-35(37)31-21-23-32(24-22-31)36-38(34(40-46-36)30-19-11-4-12-20-30)48(43,44)26-28-15-7-2-8-16-28/h1-24,35-38H,25-26H2. The first-order chi connectivity index (χ1) is 23.3. The molecule has 0 aliphatic carbocycles. The second-order valence-corrected chi connectivity index (χ2v) is 16.1. The molecule has 0 radical (unpaired) electrons. The fourth-order valence-corrected chi connectivity index (χ4v) is 10.1. The number of sulfone groups is 2. The second kappa shape index (κ2) is 13.2. The summed E-state index contributed by atoms with van der Waals surface area (Å²) < 4.78 is 56.2. The molecule has 4 unspecified atom stereocenters. The van der Waals surface area contributed by atoms with E-state index in [0.29, 0.717) is 44.8 Å². The van der Waals surface area contributed by atoms with Gasteiger partial charge in [-0.3, -0.25) is 0 Å². The highest BCUT2D eigenvalue weighted by atomic mass is 32.2. The van der Waals surface area contributed by atoms with Gasteiger partial charge < -0.3 is 9.68 Å². The first-order valence-corrected chi connectivity index (χ1v) is 18.9. The maximum absolute atomic E-state index is 14.1. The van der Waals surface area contributed by atoms with Crippen molar-refractivity contribution in [1.82, 2.24) is 0 Å². The highest BCUT2D eigenvalue weighted by molar-refractivity contribution is 7.92. The van der Waals surface area contributed by atoms with E-state index in [1.165, 1.54) is 0 Å². The number of oxime groups is 2. The molecule has 0 bridgehead atoms. The molecule has 0 saturated heterocycles. The topological polar surface area (TPSA) is 111 Å². The van der Waals surface area contributed by atoms with Gasteiger partial charge in [-0.1, -0.05) is 156 Å². The summed E-state index contributed by atoms with van der Waals surface area (Å²) in [6.45, 7) is 0. The molecule has 2 aliphatic heterocycles. The summed E-state index contributed by atoms with van der Waals surface area (Å²) in [6, 6.07) is 43.4. The van der Waals surface area contributed by atoms with Gasteiger partial charge in [0.15, 0.2) is 42.4 Å². The lowest BCUT2D eigenvalue weighted by Gasteiger charge is -2.22. The summed E-state index contributed by atoms with van der Waals surface area (Å²) >= 11 is 0. The van der Waals surface area contributed by atoms with Crippen molar-refractivity contribution in [3.63, 3.8) is 0 Å². The zero-order valence-electron chi connectivity index (χ0n) is 25.7. The van der Waals surface area contributed by atoms with E-state index in [1.807, 2.05) is 97.1 Å². The van der Waals surface area contributed by atoms with Crippen molar-refractivity contribution in [3.8, 4) is 0 Å². The molecule has 0 N–H and O–H groups in total. The highest BCUT2D eigenvalue weighted by Crippen LogP contribution is 2.39. The van der Waals surface area contributed by atoms with E-state index in [2.05, 4.69) is 10.3 Å². The zero-order chi connectivity index (χ0) is 33.1. The third kappa shape index (κ3) is 6.41. The van der Waals surface area contributed by atoms with Crippen molar-refractivity contribution in [2.45, 2.75) is 34.2 Å². The molecule has 2 aliphatic rings. The van der Waals surface area contributed by atoms with Crippen molar-refractivity contribution in [3.05, 3.63) is 179 Å². The van der Waals surface area contributed by atoms with Crippen LogP contribution in [0.2, 0.25) is 0 Å². The second-order valence-electron chi connectivity index (χ2n) is 11.8. The summed E-state index contributed by atoms with van der Waals surface area (Å²) in [5, 5.41) is 6.45. The Morgan fingerprint density at radius 3 is 1.08 bits per heavy atom. The minimum atomic E-state index is -3.81. The molecule has 10 heteroatoms. The molecule has 2 heterocycles. The Balaban J connectivity index is 1.21. The summed E-state index contributed by atoms with van der Waals surface area (Å²) in [7, 11) is -7.61. The molecule has 4 atom stereocenters. The monoisotopic (exact) mass is 676 g/mol. The molecule has 8 nitrogen and oxygen atoms in total. The first kappa shape index (κ1) is 31.5. The van der Waals surface area contributed by atoms with E-state index in [9.17, 15) is 16.8 Å². The maximum atomic E-state index is 14.1. The molecule has 0 amide bonds. The van der Waals surface area contributed by atoms with E-state index in [0.717, 1.165) is 0 Å². The highest BCUT2D eigenvalue weighted by Gasteiger charge is 2.47. The van der Waals surface area contributed by atoms with Crippen LogP contribution in [0.15, 0.2) is 156 Å². The molecule has 242 valence electrons. The molecule has 0 aromatic heterocycles. The Bertz CT molecular complexity index is 2000. The number of hydrogen-bond acceptors (Lipinski definition) is 8. The van der Waals surface area contributed by atoms with Crippen LogP contribution in [0.1, 0.15) is 45.6 Å². The van der Waals surface area contributed by atoms with Gasteiger partial charge in [0, 0.05) is 11.1 Å². The summed E-state index contributed by atoms with van der Waals surface area (Å²) in [5.74, 6) is -0.364. The SMILES string of the molecule is O=S(=O)(Cc1ccccc1)C1C(c2ccccc2)=NOC1c1ccc(C2ON=C(c3ccccc3)C2S(=O)(=O)Cc2ccccc2)cc1. The number of nitrogens with zero attached hydrogens (tertiary/aromatic N) is 2.